The van der Waals surface area contributed by atoms with Gasteiger partial charge in [0.25, 0.3) is 0 Å². The molecule has 116 valence electrons. The summed E-state index contributed by atoms with van der Waals surface area (Å²) in [6, 6.07) is 8.17. The smallest absolute Gasteiger partial charge is 0.199 e. The van der Waals surface area contributed by atoms with Crippen molar-refractivity contribution in [3.63, 3.8) is 0 Å². The van der Waals surface area contributed by atoms with E-state index in [0.29, 0.717) is 11.5 Å². The Bertz CT molecular complexity index is 695. The van der Waals surface area contributed by atoms with Gasteiger partial charge in [-0.3, -0.25) is 4.79 Å². The number of hydrogen-bond donors (Lipinski definition) is 3. The van der Waals surface area contributed by atoms with Crippen molar-refractivity contribution in [3.05, 3.63) is 47.5 Å². The van der Waals surface area contributed by atoms with Gasteiger partial charge >= 0.3 is 0 Å². The summed E-state index contributed by atoms with van der Waals surface area (Å²) in [5.41, 5.74) is 0.156. The fourth-order valence-electron chi connectivity index (χ4n) is 2.06. The van der Waals surface area contributed by atoms with Gasteiger partial charge in [0.15, 0.2) is 5.78 Å². The highest BCUT2D eigenvalue weighted by molar-refractivity contribution is 6.02. The highest BCUT2D eigenvalue weighted by Crippen LogP contribution is 2.33. The van der Waals surface area contributed by atoms with Gasteiger partial charge in [0.1, 0.15) is 29.1 Å². The van der Waals surface area contributed by atoms with Crippen molar-refractivity contribution in [1.29, 1.82) is 0 Å². The lowest BCUT2D eigenvalue weighted by molar-refractivity contribution is 0.0739. The largest absolute Gasteiger partial charge is 0.508 e. The Kier molecular flexibility index (Phi) is 4.53. The lowest BCUT2D eigenvalue weighted by atomic mass is 9.98. The van der Waals surface area contributed by atoms with Crippen LogP contribution in [0.25, 0.3) is 0 Å². The molecule has 0 aliphatic rings. The lowest BCUT2D eigenvalue weighted by Gasteiger charge is -2.15. The van der Waals surface area contributed by atoms with Crippen molar-refractivity contribution < 1.29 is 29.6 Å². The first kappa shape index (κ1) is 15.7. The Morgan fingerprint density at radius 3 is 2.36 bits per heavy atom. The molecule has 1 unspecified atom stereocenters. The molecule has 6 heteroatoms. The van der Waals surface area contributed by atoms with E-state index in [4.69, 9.17) is 9.47 Å². The minimum Gasteiger partial charge on any atom is -0.508 e. The van der Waals surface area contributed by atoms with E-state index in [9.17, 15) is 20.1 Å². The predicted octanol–water partition coefficient (Wildman–Crippen LogP) is 2.03. The number of carbonyl (C=O) groups excluding carboxylic acids is 1. The van der Waals surface area contributed by atoms with Gasteiger partial charge in [-0.1, -0.05) is 0 Å². The second-order valence-electron chi connectivity index (χ2n) is 4.58. The second-order valence-corrected chi connectivity index (χ2v) is 4.58. The molecule has 1 atom stereocenters. The van der Waals surface area contributed by atoms with Crippen LogP contribution in [0.3, 0.4) is 0 Å². The molecular weight excluding hydrogens is 288 g/mol. The van der Waals surface area contributed by atoms with E-state index in [0.717, 1.165) is 6.07 Å². The quantitative estimate of drug-likeness (QED) is 0.731. The standard InChI is InChI=1S/C16H16O6/c1-21-10-4-6-12(14(8-10)22-2)16(20)15(19)11-5-3-9(17)7-13(11)18/h3-8,16-18,20H,1-2H3. The molecule has 0 spiro atoms. The number of ketones is 1. The van der Waals surface area contributed by atoms with Crippen LogP contribution in [0, 0.1) is 0 Å². The minimum atomic E-state index is -1.52. The molecule has 0 heterocycles. The number of Topliss-reactive ketones (excluding diaryl/α,β-unsaturated/α-hetero) is 1. The van der Waals surface area contributed by atoms with E-state index < -0.39 is 17.6 Å². The predicted molar refractivity (Wildman–Crippen MR) is 78.6 cm³/mol. The number of phenolic OH excluding ortho intramolecular Hbond substituents is 2. The molecule has 2 aromatic carbocycles. The van der Waals surface area contributed by atoms with Crippen LogP contribution in [-0.4, -0.2) is 35.3 Å². The third-order valence-electron chi connectivity index (χ3n) is 3.23. The average molecular weight is 304 g/mol. The number of hydrogen-bond acceptors (Lipinski definition) is 6. The van der Waals surface area contributed by atoms with E-state index in [1.807, 2.05) is 0 Å². The summed E-state index contributed by atoms with van der Waals surface area (Å²) >= 11 is 0. The Hall–Kier alpha value is -2.73. The van der Waals surface area contributed by atoms with Gasteiger partial charge in [0.2, 0.25) is 0 Å². The number of carbonyl (C=O) groups is 1. The van der Waals surface area contributed by atoms with Gasteiger partial charge in [-0.15, -0.1) is 0 Å². The monoisotopic (exact) mass is 304 g/mol. The van der Waals surface area contributed by atoms with Gasteiger partial charge in [-0.2, -0.15) is 0 Å². The second kappa shape index (κ2) is 6.36. The van der Waals surface area contributed by atoms with Crippen LogP contribution >= 0.6 is 0 Å². The number of aliphatic hydroxyl groups excluding tert-OH is 1. The number of methoxy groups -OCH3 is 2. The van der Waals surface area contributed by atoms with E-state index in [1.165, 1.54) is 32.4 Å². The molecule has 2 aromatic rings. The Labute approximate surface area is 127 Å². The molecular formula is C16H16O6. The van der Waals surface area contributed by atoms with Crippen molar-refractivity contribution >= 4 is 5.78 Å². The maximum atomic E-state index is 12.3. The number of ether oxygens (including phenoxy) is 2. The molecule has 0 radical (unpaired) electrons. The van der Waals surface area contributed by atoms with Gasteiger partial charge in [0, 0.05) is 17.7 Å². The normalized spacial score (nSPS) is 11.8. The maximum absolute atomic E-state index is 12.3. The summed E-state index contributed by atoms with van der Waals surface area (Å²) in [7, 11) is 2.90. The summed E-state index contributed by atoms with van der Waals surface area (Å²) in [5.74, 6) is -0.478. The molecule has 6 nitrogen and oxygen atoms in total. The summed E-state index contributed by atoms with van der Waals surface area (Å²) in [5, 5.41) is 29.2. The Morgan fingerprint density at radius 2 is 1.77 bits per heavy atom. The number of phenols is 2. The summed E-state index contributed by atoms with van der Waals surface area (Å²) in [6.07, 6.45) is -1.52. The van der Waals surface area contributed by atoms with Crippen LogP contribution in [0.5, 0.6) is 23.0 Å². The van der Waals surface area contributed by atoms with E-state index in [1.54, 1.807) is 12.1 Å². The third-order valence-corrected chi connectivity index (χ3v) is 3.23. The zero-order valence-electron chi connectivity index (χ0n) is 12.1. The molecule has 0 amide bonds. The van der Waals surface area contributed by atoms with Gasteiger partial charge in [-0.25, -0.2) is 0 Å². The molecule has 3 N–H and O–H groups in total. The highest BCUT2D eigenvalue weighted by Gasteiger charge is 2.25. The Morgan fingerprint density at radius 1 is 1.05 bits per heavy atom. The van der Waals surface area contributed by atoms with E-state index in [-0.39, 0.29) is 16.9 Å². The van der Waals surface area contributed by atoms with Crippen LogP contribution in [-0.2, 0) is 0 Å². The molecule has 22 heavy (non-hydrogen) atoms. The molecule has 0 aliphatic heterocycles. The average Bonchev–Trinajstić information content (AvgIpc) is 2.53. The SMILES string of the molecule is COc1ccc(C(O)C(=O)c2ccc(O)cc2O)c(OC)c1. The third kappa shape index (κ3) is 2.96. The van der Waals surface area contributed by atoms with Crippen LogP contribution in [0.1, 0.15) is 22.0 Å². The molecule has 0 aromatic heterocycles. The zero-order valence-corrected chi connectivity index (χ0v) is 12.1. The first-order chi connectivity index (χ1) is 10.5. The van der Waals surface area contributed by atoms with Crippen LogP contribution < -0.4 is 9.47 Å². The minimum absolute atomic E-state index is 0.0943. The fourth-order valence-corrected chi connectivity index (χ4v) is 2.06. The maximum Gasteiger partial charge on any atom is 0.199 e. The number of aromatic hydroxyl groups is 2. The topological polar surface area (TPSA) is 96.2 Å². The first-order valence-electron chi connectivity index (χ1n) is 6.44. The highest BCUT2D eigenvalue weighted by atomic mass is 16.5. The van der Waals surface area contributed by atoms with Crippen molar-refractivity contribution in [2.75, 3.05) is 14.2 Å². The van der Waals surface area contributed by atoms with E-state index in [2.05, 4.69) is 0 Å². The molecule has 0 saturated carbocycles. The van der Waals surface area contributed by atoms with Gasteiger partial charge in [0.05, 0.1) is 19.8 Å². The van der Waals surface area contributed by atoms with Crippen molar-refractivity contribution in [2.24, 2.45) is 0 Å². The van der Waals surface area contributed by atoms with Crippen molar-refractivity contribution in [3.8, 4) is 23.0 Å². The number of benzene rings is 2. The molecule has 0 aliphatic carbocycles. The fraction of sp³-hybridized carbons (Fsp3) is 0.188. The number of rotatable bonds is 5. The summed E-state index contributed by atoms with van der Waals surface area (Å²) in [6.45, 7) is 0. The van der Waals surface area contributed by atoms with E-state index >= 15 is 0 Å². The van der Waals surface area contributed by atoms with Crippen molar-refractivity contribution in [1.82, 2.24) is 0 Å². The number of aliphatic hydroxyl groups is 1. The van der Waals surface area contributed by atoms with Crippen molar-refractivity contribution in [2.45, 2.75) is 6.10 Å². The van der Waals surface area contributed by atoms with Gasteiger partial charge < -0.3 is 24.8 Å². The van der Waals surface area contributed by atoms with Crippen LogP contribution in [0.15, 0.2) is 36.4 Å². The van der Waals surface area contributed by atoms with Crippen LogP contribution in [0.2, 0.25) is 0 Å². The lowest BCUT2D eigenvalue weighted by Crippen LogP contribution is -2.13. The van der Waals surface area contributed by atoms with Crippen LogP contribution in [0.4, 0.5) is 0 Å². The first-order valence-corrected chi connectivity index (χ1v) is 6.44. The molecule has 0 bridgehead atoms. The molecule has 0 saturated heterocycles. The molecule has 2 rings (SSSR count). The molecule has 0 fully saturated rings. The summed E-state index contributed by atoms with van der Waals surface area (Å²) < 4.78 is 10.2. The zero-order chi connectivity index (χ0) is 16.3. The summed E-state index contributed by atoms with van der Waals surface area (Å²) in [4.78, 5) is 12.3. The van der Waals surface area contributed by atoms with Gasteiger partial charge in [-0.05, 0) is 24.3 Å². The Balaban J connectivity index is 2.38.